The summed E-state index contributed by atoms with van der Waals surface area (Å²) in [5.41, 5.74) is 0. The highest BCUT2D eigenvalue weighted by atomic mass is 16.1. The molecule has 0 aromatic heterocycles. The lowest BCUT2D eigenvalue weighted by molar-refractivity contribution is -0.126. The van der Waals surface area contributed by atoms with Gasteiger partial charge in [0.1, 0.15) is 5.78 Å². The summed E-state index contributed by atoms with van der Waals surface area (Å²) >= 11 is 0. The van der Waals surface area contributed by atoms with Gasteiger partial charge in [0.2, 0.25) is 0 Å². The van der Waals surface area contributed by atoms with Crippen LogP contribution in [0.4, 0.5) is 0 Å². The molecule has 0 N–H and O–H groups in total. The molecule has 2 nitrogen and oxygen atoms in total. The summed E-state index contributed by atoms with van der Waals surface area (Å²) in [6.45, 7) is 1.05. The lowest BCUT2D eigenvalue weighted by Crippen LogP contribution is -2.40. The largest absolute Gasteiger partial charge is 0.303 e. The Kier molecular flexibility index (Phi) is 3.25. The molecule has 0 aromatic carbocycles. The van der Waals surface area contributed by atoms with Crippen LogP contribution in [0, 0.1) is 17.8 Å². The molecule has 2 heteroatoms. The van der Waals surface area contributed by atoms with Crippen LogP contribution in [-0.2, 0) is 4.79 Å². The molecule has 0 heterocycles. The van der Waals surface area contributed by atoms with Crippen molar-refractivity contribution in [3.8, 4) is 0 Å². The minimum absolute atomic E-state index is 0.390. The van der Waals surface area contributed by atoms with Crippen molar-refractivity contribution in [1.82, 2.24) is 4.90 Å². The third-order valence-corrected chi connectivity index (χ3v) is 5.49. The van der Waals surface area contributed by atoms with E-state index in [9.17, 15) is 4.79 Å². The maximum atomic E-state index is 12.2. The quantitative estimate of drug-likeness (QED) is 0.749. The summed E-state index contributed by atoms with van der Waals surface area (Å²) in [5.74, 6) is 2.17. The molecule has 0 saturated heterocycles. The Hall–Kier alpha value is -0.370. The number of nitrogens with zero attached hydrogens (tertiary/aromatic N) is 1. The smallest absolute Gasteiger partial charge is 0.140 e. The van der Waals surface area contributed by atoms with Gasteiger partial charge < -0.3 is 4.90 Å². The minimum Gasteiger partial charge on any atom is -0.303 e. The molecule has 3 aliphatic carbocycles. The average Bonchev–Trinajstić information content (AvgIpc) is 2.94. The number of carbonyl (C=O) groups excluding carboxylic acids is 1. The van der Waals surface area contributed by atoms with Gasteiger partial charge in [0, 0.05) is 24.4 Å². The number of hydrogen-bond donors (Lipinski definition) is 0. The summed E-state index contributed by atoms with van der Waals surface area (Å²) in [4.78, 5) is 14.7. The molecule has 96 valence electrons. The second-order valence-corrected chi connectivity index (χ2v) is 6.51. The third-order valence-electron chi connectivity index (χ3n) is 5.49. The Labute approximate surface area is 105 Å². The van der Waals surface area contributed by atoms with Crippen molar-refractivity contribution in [1.29, 1.82) is 0 Å². The van der Waals surface area contributed by atoms with E-state index in [1.54, 1.807) is 0 Å². The summed E-state index contributed by atoms with van der Waals surface area (Å²) in [5, 5.41) is 0. The van der Waals surface area contributed by atoms with Gasteiger partial charge in [-0.15, -0.1) is 0 Å². The topological polar surface area (TPSA) is 20.3 Å². The number of fused-ring (bicyclic) bond motifs is 2. The second kappa shape index (κ2) is 4.72. The molecule has 3 atom stereocenters. The molecule has 2 bridgehead atoms. The van der Waals surface area contributed by atoms with Gasteiger partial charge >= 0.3 is 0 Å². The van der Waals surface area contributed by atoms with Crippen molar-refractivity contribution in [3.05, 3.63) is 0 Å². The molecular formula is C15H25NO. The maximum absolute atomic E-state index is 12.2. The van der Waals surface area contributed by atoms with Gasteiger partial charge in [-0.05, 0) is 45.1 Å². The first-order valence-corrected chi connectivity index (χ1v) is 7.49. The van der Waals surface area contributed by atoms with Gasteiger partial charge in [0.25, 0.3) is 0 Å². The Balaban J connectivity index is 1.57. The highest BCUT2D eigenvalue weighted by Crippen LogP contribution is 2.46. The van der Waals surface area contributed by atoms with Gasteiger partial charge in [-0.2, -0.15) is 0 Å². The normalized spacial score (nSPS) is 38.2. The van der Waals surface area contributed by atoms with Crippen LogP contribution in [-0.4, -0.2) is 30.3 Å². The van der Waals surface area contributed by atoms with Crippen LogP contribution in [0.1, 0.15) is 51.4 Å². The zero-order chi connectivity index (χ0) is 11.8. The number of carbonyl (C=O) groups is 1. The predicted octanol–water partition coefficient (Wildman–Crippen LogP) is 2.87. The number of rotatable bonds is 3. The molecule has 0 radical (unpaired) electrons. The van der Waals surface area contributed by atoms with E-state index in [0.29, 0.717) is 17.6 Å². The Bertz CT molecular complexity index is 295. The standard InChI is InChI=1S/C15H25NO/c1-16(13-5-3-2-4-6-13)10-14-11-7-8-12(9-11)15(14)17/h11-14H,2-10H2,1H3. The average molecular weight is 235 g/mol. The minimum atomic E-state index is 0.390. The van der Waals surface area contributed by atoms with Crippen molar-refractivity contribution in [2.75, 3.05) is 13.6 Å². The van der Waals surface area contributed by atoms with Crippen LogP contribution in [0.25, 0.3) is 0 Å². The van der Waals surface area contributed by atoms with Crippen LogP contribution < -0.4 is 0 Å². The number of ketones is 1. The first-order valence-electron chi connectivity index (χ1n) is 7.49. The Morgan fingerprint density at radius 1 is 1.12 bits per heavy atom. The van der Waals surface area contributed by atoms with Gasteiger partial charge in [-0.1, -0.05) is 19.3 Å². The predicted molar refractivity (Wildman–Crippen MR) is 68.8 cm³/mol. The van der Waals surface area contributed by atoms with E-state index in [4.69, 9.17) is 0 Å². The summed E-state index contributed by atoms with van der Waals surface area (Å²) in [7, 11) is 2.25. The van der Waals surface area contributed by atoms with E-state index in [-0.39, 0.29) is 0 Å². The van der Waals surface area contributed by atoms with Crippen LogP contribution in [0.2, 0.25) is 0 Å². The summed E-state index contributed by atoms with van der Waals surface area (Å²) < 4.78 is 0. The molecule has 3 rings (SSSR count). The van der Waals surface area contributed by atoms with E-state index >= 15 is 0 Å². The molecule has 0 aromatic rings. The first kappa shape index (κ1) is 11.7. The van der Waals surface area contributed by atoms with E-state index < -0.39 is 0 Å². The van der Waals surface area contributed by atoms with Crippen LogP contribution >= 0.6 is 0 Å². The second-order valence-electron chi connectivity index (χ2n) is 6.51. The SMILES string of the molecule is CN(CC1C(=O)C2CCC1C2)C1CCCCC1. The van der Waals surface area contributed by atoms with Crippen molar-refractivity contribution < 1.29 is 4.79 Å². The van der Waals surface area contributed by atoms with E-state index in [0.717, 1.165) is 18.5 Å². The van der Waals surface area contributed by atoms with Crippen LogP contribution in [0.3, 0.4) is 0 Å². The Morgan fingerprint density at radius 2 is 1.88 bits per heavy atom. The monoisotopic (exact) mass is 235 g/mol. The van der Waals surface area contributed by atoms with E-state index in [2.05, 4.69) is 11.9 Å². The van der Waals surface area contributed by atoms with Gasteiger partial charge in [0.15, 0.2) is 0 Å². The van der Waals surface area contributed by atoms with Crippen molar-refractivity contribution in [2.45, 2.75) is 57.4 Å². The first-order chi connectivity index (χ1) is 8.25. The molecule has 3 fully saturated rings. The van der Waals surface area contributed by atoms with Gasteiger partial charge in [0.05, 0.1) is 0 Å². The fraction of sp³-hybridized carbons (Fsp3) is 0.933. The summed E-state index contributed by atoms with van der Waals surface area (Å²) in [6.07, 6.45) is 10.6. The van der Waals surface area contributed by atoms with Crippen molar-refractivity contribution in [2.24, 2.45) is 17.8 Å². The zero-order valence-electron chi connectivity index (χ0n) is 11.0. The molecular weight excluding hydrogens is 210 g/mol. The highest BCUT2D eigenvalue weighted by Gasteiger charge is 2.46. The zero-order valence-corrected chi connectivity index (χ0v) is 11.0. The lowest BCUT2D eigenvalue weighted by atomic mass is 9.86. The molecule has 0 aliphatic heterocycles. The molecule has 0 spiro atoms. The number of hydrogen-bond acceptors (Lipinski definition) is 2. The van der Waals surface area contributed by atoms with Gasteiger partial charge in [-0.3, -0.25) is 4.79 Å². The maximum Gasteiger partial charge on any atom is 0.140 e. The Morgan fingerprint density at radius 3 is 2.53 bits per heavy atom. The van der Waals surface area contributed by atoms with E-state index in [1.807, 2.05) is 0 Å². The lowest BCUT2D eigenvalue weighted by Gasteiger charge is -2.34. The molecule has 3 unspecified atom stereocenters. The van der Waals surface area contributed by atoms with Crippen molar-refractivity contribution in [3.63, 3.8) is 0 Å². The third kappa shape index (κ3) is 2.16. The molecule has 0 amide bonds. The highest BCUT2D eigenvalue weighted by molar-refractivity contribution is 5.87. The molecule has 3 aliphatic rings. The fourth-order valence-corrected chi connectivity index (χ4v) is 4.40. The molecule has 17 heavy (non-hydrogen) atoms. The van der Waals surface area contributed by atoms with Crippen LogP contribution in [0.5, 0.6) is 0 Å². The van der Waals surface area contributed by atoms with E-state index in [1.165, 1.54) is 51.4 Å². The molecule has 3 saturated carbocycles. The number of Topliss-reactive ketones (excluding diaryl/α,β-unsaturated/α-hetero) is 1. The summed E-state index contributed by atoms with van der Waals surface area (Å²) in [6, 6.07) is 0.760. The fourth-order valence-electron chi connectivity index (χ4n) is 4.40. The van der Waals surface area contributed by atoms with Crippen molar-refractivity contribution >= 4 is 5.78 Å². The van der Waals surface area contributed by atoms with Gasteiger partial charge in [-0.25, -0.2) is 0 Å². The van der Waals surface area contributed by atoms with Crippen LogP contribution in [0.15, 0.2) is 0 Å².